The maximum atomic E-state index is 11.9. The van der Waals surface area contributed by atoms with Crippen LogP contribution in [0.25, 0.3) is 0 Å². The first-order valence-electron chi connectivity index (χ1n) is 6.62. The fraction of sp³-hybridized carbons (Fsp3) is 0.615. The number of ether oxygens (including phenoxy) is 1. The largest absolute Gasteiger partial charge is 0.383 e. The van der Waals surface area contributed by atoms with Crippen molar-refractivity contribution in [2.75, 3.05) is 33.4 Å². The topological polar surface area (TPSA) is 76.1 Å². The third-order valence-electron chi connectivity index (χ3n) is 2.92. The molecule has 0 aromatic carbocycles. The van der Waals surface area contributed by atoms with Gasteiger partial charge in [-0.05, 0) is 18.9 Å². The number of carbonyl (C=O) groups is 1. The van der Waals surface area contributed by atoms with Crippen LogP contribution in [-0.2, 0) is 4.74 Å². The quantitative estimate of drug-likeness (QED) is 0.693. The number of amides is 1. The van der Waals surface area contributed by atoms with E-state index < -0.39 is 0 Å². The first-order chi connectivity index (χ1) is 9.31. The first-order valence-corrected chi connectivity index (χ1v) is 6.62. The van der Waals surface area contributed by atoms with Gasteiger partial charge in [0.15, 0.2) is 0 Å². The molecular formula is C13H21ClN4O2. The number of hydrogen-bond acceptors (Lipinski definition) is 5. The summed E-state index contributed by atoms with van der Waals surface area (Å²) in [7, 11) is 1.66. The second kappa shape index (κ2) is 8.84. The maximum Gasteiger partial charge on any atom is 0.270 e. The van der Waals surface area contributed by atoms with Crippen molar-refractivity contribution < 1.29 is 9.53 Å². The molecular weight excluding hydrogens is 280 g/mol. The van der Waals surface area contributed by atoms with E-state index in [4.69, 9.17) is 4.74 Å². The minimum atomic E-state index is -0.141. The zero-order valence-electron chi connectivity index (χ0n) is 11.6. The van der Waals surface area contributed by atoms with Crippen LogP contribution in [0.2, 0.25) is 0 Å². The Morgan fingerprint density at radius 2 is 2.20 bits per heavy atom. The van der Waals surface area contributed by atoms with Gasteiger partial charge in [0, 0.05) is 38.9 Å². The summed E-state index contributed by atoms with van der Waals surface area (Å²) in [6.45, 7) is 2.75. The summed E-state index contributed by atoms with van der Waals surface area (Å²) in [5, 5.41) is 5.99. The molecule has 1 amide bonds. The minimum Gasteiger partial charge on any atom is -0.383 e. The molecule has 6 nitrogen and oxygen atoms in total. The Morgan fingerprint density at radius 1 is 1.40 bits per heavy atom. The molecule has 1 aromatic rings. The molecule has 0 saturated heterocycles. The SMILES string of the molecule is COCCNCCNC(=O)c1ccnc(C2CC2)n1.Cl. The van der Waals surface area contributed by atoms with E-state index in [1.807, 2.05) is 0 Å². The monoisotopic (exact) mass is 300 g/mol. The van der Waals surface area contributed by atoms with Gasteiger partial charge in [0.1, 0.15) is 11.5 Å². The van der Waals surface area contributed by atoms with Crippen molar-refractivity contribution in [3.8, 4) is 0 Å². The lowest BCUT2D eigenvalue weighted by Gasteiger charge is -2.06. The van der Waals surface area contributed by atoms with E-state index >= 15 is 0 Å². The molecule has 7 heteroatoms. The van der Waals surface area contributed by atoms with Crippen molar-refractivity contribution in [1.82, 2.24) is 20.6 Å². The standard InChI is InChI=1S/C13H20N4O2.ClH/c1-19-9-8-14-6-7-16-13(18)11-4-5-15-12(17-11)10-2-3-10;/h4-5,10,14H,2-3,6-9H2,1H3,(H,16,18);1H. The number of rotatable bonds is 8. The molecule has 2 rings (SSSR count). The van der Waals surface area contributed by atoms with Gasteiger partial charge in [0.2, 0.25) is 0 Å². The van der Waals surface area contributed by atoms with Crippen LogP contribution in [-0.4, -0.2) is 49.2 Å². The Balaban J connectivity index is 0.00000200. The summed E-state index contributed by atoms with van der Waals surface area (Å²) in [5.74, 6) is 1.12. The van der Waals surface area contributed by atoms with Crippen LogP contribution < -0.4 is 10.6 Å². The zero-order valence-corrected chi connectivity index (χ0v) is 12.4. The number of hydrogen-bond donors (Lipinski definition) is 2. The van der Waals surface area contributed by atoms with Crippen LogP contribution in [0, 0.1) is 0 Å². The van der Waals surface area contributed by atoms with Gasteiger partial charge in [-0.3, -0.25) is 4.79 Å². The molecule has 0 radical (unpaired) electrons. The summed E-state index contributed by atoms with van der Waals surface area (Å²) >= 11 is 0. The number of aromatic nitrogens is 2. The van der Waals surface area contributed by atoms with Gasteiger partial charge >= 0.3 is 0 Å². The van der Waals surface area contributed by atoms with Gasteiger partial charge in [0.25, 0.3) is 5.91 Å². The first kappa shape index (κ1) is 16.8. The zero-order chi connectivity index (χ0) is 13.5. The molecule has 2 N–H and O–H groups in total. The molecule has 0 aliphatic heterocycles. The summed E-state index contributed by atoms with van der Waals surface area (Å²) in [5.41, 5.74) is 0.453. The summed E-state index contributed by atoms with van der Waals surface area (Å²) in [6.07, 6.45) is 3.93. The molecule has 0 spiro atoms. The molecule has 1 heterocycles. The van der Waals surface area contributed by atoms with Crippen LogP contribution in [0.4, 0.5) is 0 Å². The van der Waals surface area contributed by atoms with Crippen LogP contribution in [0.3, 0.4) is 0 Å². The highest BCUT2D eigenvalue weighted by atomic mass is 35.5. The minimum absolute atomic E-state index is 0. The van der Waals surface area contributed by atoms with E-state index in [0.717, 1.165) is 31.8 Å². The van der Waals surface area contributed by atoms with Crippen LogP contribution >= 0.6 is 12.4 Å². The second-order valence-electron chi connectivity index (χ2n) is 4.57. The number of nitrogens with zero attached hydrogens (tertiary/aromatic N) is 2. The molecule has 1 aliphatic carbocycles. The molecule has 1 aromatic heterocycles. The highest BCUT2D eigenvalue weighted by molar-refractivity contribution is 5.92. The molecule has 0 unspecified atom stereocenters. The lowest BCUT2D eigenvalue weighted by Crippen LogP contribution is -2.33. The maximum absolute atomic E-state index is 11.9. The van der Waals surface area contributed by atoms with Crippen LogP contribution in [0.1, 0.15) is 35.1 Å². The van der Waals surface area contributed by atoms with Gasteiger partial charge in [-0.1, -0.05) is 0 Å². The molecule has 1 fully saturated rings. The van der Waals surface area contributed by atoms with E-state index in [0.29, 0.717) is 24.8 Å². The van der Waals surface area contributed by atoms with Crippen molar-refractivity contribution in [1.29, 1.82) is 0 Å². The highest BCUT2D eigenvalue weighted by Crippen LogP contribution is 2.37. The Hall–Kier alpha value is -1.24. The predicted octanol–water partition coefficient (Wildman–Crippen LogP) is 0.742. The average Bonchev–Trinajstić information content (AvgIpc) is 3.27. The van der Waals surface area contributed by atoms with Crippen molar-refractivity contribution in [2.24, 2.45) is 0 Å². The van der Waals surface area contributed by atoms with Crippen molar-refractivity contribution >= 4 is 18.3 Å². The molecule has 0 atom stereocenters. The number of carbonyl (C=O) groups excluding carboxylic acids is 1. The van der Waals surface area contributed by atoms with E-state index in [-0.39, 0.29) is 18.3 Å². The predicted molar refractivity (Wildman–Crippen MR) is 78.3 cm³/mol. The fourth-order valence-corrected chi connectivity index (χ4v) is 1.69. The Bertz CT molecular complexity index is 427. The van der Waals surface area contributed by atoms with E-state index in [2.05, 4.69) is 20.6 Å². The van der Waals surface area contributed by atoms with E-state index in [1.165, 1.54) is 0 Å². The van der Waals surface area contributed by atoms with Crippen LogP contribution in [0.5, 0.6) is 0 Å². The van der Waals surface area contributed by atoms with Gasteiger partial charge in [0.05, 0.1) is 6.61 Å². The smallest absolute Gasteiger partial charge is 0.270 e. The van der Waals surface area contributed by atoms with Gasteiger partial charge in [-0.25, -0.2) is 9.97 Å². The Kier molecular flexibility index (Phi) is 7.43. The van der Waals surface area contributed by atoms with E-state index in [1.54, 1.807) is 19.4 Å². The lowest BCUT2D eigenvalue weighted by atomic mass is 10.3. The average molecular weight is 301 g/mol. The third kappa shape index (κ3) is 5.40. The lowest BCUT2D eigenvalue weighted by molar-refractivity contribution is 0.0948. The summed E-state index contributed by atoms with van der Waals surface area (Å²) in [6, 6.07) is 1.65. The van der Waals surface area contributed by atoms with Gasteiger partial charge in [-0.2, -0.15) is 0 Å². The highest BCUT2D eigenvalue weighted by Gasteiger charge is 2.27. The Morgan fingerprint density at radius 3 is 2.90 bits per heavy atom. The third-order valence-corrected chi connectivity index (χ3v) is 2.92. The second-order valence-corrected chi connectivity index (χ2v) is 4.57. The van der Waals surface area contributed by atoms with E-state index in [9.17, 15) is 4.79 Å². The molecule has 1 aliphatic rings. The van der Waals surface area contributed by atoms with Crippen molar-refractivity contribution in [2.45, 2.75) is 18.8 Å². The van der Waals surface area contributed by atoms with Crippen molar-refractivity contribution in [3.63, 3.8) is 0 Å². The summed E-state index contributed by atoms with van der Waals surface area (Å²) in [4.78, 5) is 20.4. The van der Waals surface area contributed by atoms with Crippen LogP contribution in [0.15, 0.2) is 12.3 Å². The molecule has 20 heavy (non-hydrogen) atoms. The number of halogens is 1. The number of methoxy groups -OCH3 is 1. The fourth-order valence-electron chi connectivity index (χ4n) is 1.69. The molecule has 112 valence electrons. The molecule has 0 bridgehead atoms. The molecule has 1 saturated carbocycles. The van der Waals surface area contributed by atoms with Gasteiger partial charge in [-0.15, -0.1) is 12.4 Å². The normalized spacial score (nSPS) is 13.7. The number of nitrogens with one attached hydrogen (secondary N) is 2. The Labute approximate surface area is 125 Å². The summed E-state index contributed by atoms with van der Waals surface area (Å²) < 4.78 is 4.91. The van der Waals surface area contributed by atoms with Crippen molar-refractivity contribution in [3.05, 3.63) is 23.8 Å². The van der Waals surface area contributed by atoms with Gasteiger partial charge < -0.3 is 15.4 Å².